The molecule has 0 fully saturated rings. The predicted molar refractivity (Wildman–Crippen MR) is 54.4 cm³/mol. The van der Waals surface area contributed by atoms with Crippen molar-refractivity contribution in [3.8, 4) is 0 Å². The van der Waals surface area contributed by atoms with E-state index in [1.165, 1.54) is 0 Å². The van der Waals surface area contributed by atoms with E-state index in [4.69, 9.17) is 10.4 Å². The van der Waals surface area contributed by atoms with Gasteiger partial charge in [0.25, 0.3) is 7.52 Å². The molecule has 1 aromatic carbocycles. The minimum atomic E-state index is -3.39. The largest absolute Gasteiger partial charge is 0.333 e. The van der Waals surface area contributed by atoms with Crippen LogP contribution in [-0.2, 0) is 4.57 Å². The summed E-state index contributed by atoms with van der Waals surface area (Å²) in [6.07, 6.45) is 3.40. The van der Waals surface area contributed by atoms with Crippen LogP contribution in [0.2, 0.25) is 0 Å². The van der Waals surface area contributed by atoms with Crippen LogP contribution in [0.3, 0.4) is 0 Å². The zero-order valence-electron chi connectivity index (χ0n) is 7.13. The van der Waals surface area contributed by atoms with Gasteiger partial charge in [0.2, 0.25) is 0 Å². The van der Waals surface area contributed by atoms with Crippen LogP contribution in [0, 0.1) is 0 Å². The molecule has 1 atom stereocenters. The van der Waals surface area contributed by atoms with E-state index in [0.717, 1.165) is 5.56 Å². The summed E-state index contributed by atoms with van der Waals surface area (Å²) in [4.78, 5) is 8.78. The van der Waals surface area contributed by atoms with E-state index in [-0.39, 0.29) is 6.16 Å². The molecule has 0 amide bonds. The number of nitrogens with two attached hydrogens (primary N) is 1. The maximum atomic E-state index is 10.7. The van der Waals surface area contributed by atoms with Crippen LogP contribution in [0.25, 0.3) is 6.08 Å². The molecule has 0 bridgehead atoms. The highest BCUT2D eigenvalue weighted by Crippen LogP contribution is 2.29. The van der Waals surface area contributed by atoms with E-state index in [1.54, 1.807) is 12.2 Å². The minimum Gasteiger partial charge on any atom is -0.333 e. The van der Waals surface area contributed by atoms with Crippen LogP contribution in [-0.4, -0.2) is 11.1 Å². The first-order chi connectivity index (χ1) is 6.08. The molecule has 3 nitrogen and oxygen atoms in total. The zero-order chi connectivity index (χ0) is 9.73. The Morgan fingerprint density at radius 3 is 2.54 bits per heavy atom. The molecule has 0 radical (unpaired) electrons. The number of hydrogen-bond donors (Lipinski definition) is 2. The summed E-state index contributed by atoms with van der Waals surface area (Å²) in [5.41, 5.74) is 5.96. The number of benzene rings is 1. The Kier molecular flexibility index (Phi) is 3.43. The molecule has 0 aliphatic rings. The lowest BCUT2D eigenvalue weighted by atomic mass is 10.2. The van der Waals surface area contributed by atoms with Gasteiger partial charge in [-0.3, -0.25) is 10.1 Å². The summed E-state index contributed by atoms with van der Waals surface area (Å²) in [7, 11) is -3.39. The van der Waals surface area contributed by atoms with Crippen molar-refractivity contribution in [2.45, 2.75) is 0 Å². The Hall–Kier alpha value is -0.890. The van der Waals surface area contributed by atoms with Gasteiger partial charge in [0.15, 0.2) is 0 Å². The highest BCUT2D eigenvalue weighted by molar-refractivity contribution is 7.55. The summed E-state index contributed by atoms with van der Waals surface area (Å²) in [6, 6.07) is 9.54. The van der Waals surface area contributed by atoms with E-state index in [1.807, 2.05) is 30.3 Å². The molecule has 1 aromatic rings. The Morgan fingerprint density at radius 1 is 1.38 bits per heavy atom. The van der Waals surface area contributed by atoms with Crippen LogP contribution in [0.5, 0.6) is 0 Å². The normalized spacial score (nSPS) is 15.8. The Morgan fingerprint density at radius 2 is 2.00 bits per heavy atom. The first-order valence-corrected chi connectivity index (χ1v) is 5.81. The number of rotatable bonds is 3. The molecule has 1 rings (SSSR count). The van der Waals surface area contributed by atoms with Gasteiger partial charge < -0.3 is 4.89 Å². The van der Waals surface area contributed by atoms with Crippen molar-refractivity contribution in [3.05, 3.63) is 42.0 Å². The average molecular weight is 197 g/mol. The lowest BCUT2D eigenvalue weighted by molar-refractivity contribution is 0.483. The van der Waals surface area contributed by atoms with Crippen molar-refractivity contribution in [3.63, 3.8) is 0 Å². The van der Waals surface area contributed by atoms with Gasteiger partial charge in [-0.25, -0.2) is 0 Å². The van der Waals surface area contributed by atoms with Crippen molar-refractivity contribution >= 4 is 13.6 Å². The first kappa shape index (κ1) is 10.2. The quantitative estimate of drug-likeness (QED) is 0.727. The van der Waals surface area contributed by atoms with E-state index >= 15 is 0 Å². The van der Waals surface area contributed by atoms with E-state index in [2.05, 4.69) is 0 Å². The molecule has 4 heteroatoms. The van der Waals surface area contributed by atoms with Crippen molar-refractivity contribution in [2.75, 3.05) is 6.16 Å². The van der Waals surface area contributed by atoms with Crippen molar-refractivity contribution < 1.29 is 9.46 Å². The summed E-state index contributed by atoms with van der Waals surface area (Å²) in [5, 5.41) is 0. The third-order valence-corrected chi connectivity index (χ3v) is 2.21. The third-order valence-electron chi connectivity index (χ3n) is 1.48. The van der Waals surface area contributed by atoms with Gasteiger partial charge in [-0.1, -0.05) is 42.5 Å². The molecule has 13 heavy (non-hydrogen) atoms. The second kappa shape index (κ2) is 4.38. The average Bonchev–Trinajstić information content (AvgIpc) is 2.04. The molecule has 3 N–H and O–H groups in total. The molecule has 0 aliphatic carbocycles. The summed E-state index contributed by atoms with van der Waals surface area (Å²) in [6.45, 7) is 0. The van der Waals surface area contributed by atoms with Gasteiger partial charge in [-0.15, -0.1) is 0 Å². The maximum absolute atomic E-state index is 10.7. The topological polar surface area (TPSA) is 63.3 Å². The summed E-state index contributed by atoms with van der Waals surface area (Å²) >= 11 is 0. The van der Waals surface area contributed by atoms with Gasteiger partial charge in [0.1, 0.15) is 0 Å². The molecule has 70 valence electrons. The van der Waals surface area contributed by atoms with Crippen LogP contribution in [0.1, 0.15) is 5.56 Å². The highest BCUT2D eigenvalue weighted by Gasteiger charge is 2.05. The van der Waals surface area contributed by atoms with E-state index in [0.29, 0.717) is 0 Å². The molecule has 0 saturated heterocycles. The van der Waals surface area contributed by atoms with Gasteiger partial charge in [-0.2, -0.15) is 0 Å². The van der Waals surface area contributed by atoms with Crippen LogP contribution in [0.15, 0.2) is 36.4 Å². The summed E-state index contributed by atoms with van der Waals surface area (Å²) < 4.78 is 10.7. The monoisotopic (exact) mass is 197 g/mol. The molecule has 0 saturated carbocycles. The SMILES string of the molecule is NP(=O)(O)CC=Cc1ccccc1. The molecule has 0 heterocycles. The van der Waals surface area contributed by atoms with E-state index in [9.17, 15) is 4.57 Å². The molecule has 1 unspecified atom stereocenters. The van der Waals surface area contributed by atoms with Gasteiger partial charge in [-0.05, 0) is 5.56 Å². The van der Waals surface area contributed by atoms with Crippen molar-refractivity contribution in [1.82, 2.24) is 0 Å². The Balaban J connectivity index is 2.56. The first-order valence-electron chi connectivity index (χ1n) is 3.90. The minimum absolute atomic E-state index is 0.0158. The smallest absolute Gasteiger partial charge is 0.268 e. The van der Waals surface area contributed by atoms with Crippen LogP contribution < -0.4 is 5.50 Å². The van der Waals surface area contributed by atoms with E-state index < -0.39 is 7.52 Å². The Labute approximate surface area is 77.4 Å². The van der Waals surface area contributed by atoms with Crippen LogP contribution in [0.4, 0.5) is 0 Å². The lowest BCUT2D eigenvalue weighted by Crippen LogP contribution is -1.95. The van der Waals surface area contributed by atoms with Gasteiger partial charge >= 0.3 is 0 Å². The second-order valence-electron chi connectivity index (χ2n) is 2.75. The fraction of sp³-hybridized carbons (Fsp3) is 0.111. The highest BCUT2D eigenvalue weighted by atomic mass is 31.2. The standard InChI is InChI=1S/C9H12NO2P/c10-13(11,12)8-4-7-9-5-2-1-3-6-9/h1-7H,8H2,(H3,10,11,12). The predicted octanol–water partition coefficient (Wildman–Crippen LogP) is 1.84. The summed E-state index contributed by atoms with van der Waals surface area (Å²) in [5.74, 6) is 0. The second-order valence-corrected chi connectivity index (χ2v) is 4.63. The maximum Gasteiger partial charge on any atom is 0.268 e. The fourth-order valence-electron chi connectivity index (χ4n) is 0.904. The Bertz CT molecular complexity index is 329. The number of hydrogen-bond acceptors (Lipinski definition) is 1. The van der Waals surface area contributed by atoms with Crippen LogP contribution >= 0.6 is 7.52 Å². The third kappa shape index (κ3) is 4.63. The van der Waals surface area contributed by atoms with Gasteiger partial charge in [0.05, 0.1) is 6.16 Å². The molecule has 0 aliphatic heterocycles. The molecular formula is C9H12NO2P. The number of allylic oxidation sites excluding steroid dienone is 1. The molecule has 0 spiro atoms. The zero-order valence-corrected chi connectivity index (χ0v) is 8.02. The van der Waals surface area contributed by atoms with Crippen molar-refractivity contribution in [2.24, 2.45) is 5.50 Å². The molecular weight excluding hydrogens is 185 g/mol. The lowest BCUT2D eigenvalue weighted by Gasteiger charge is -1.98. The van der Waals surface area contributed by atoms with Gasteiger partial charge in [0, 0.05) is 0 Å². The fourth-order valence-corrected chi connectivity index (χ4v) is 1.31. The van der Waals surface area contributed by atoms with Crippen molar-refractivity contribution in [1.29, 1.82) is 0 Å². The molecule has 0 aromatic heterocycles.